The van der Waals surface area contributed by atoms with Crippen molar-refractivity contribution < 1.29 is 9.50 Å². The average molecular weight is 444 g/mol. The summed E-state index contributed by atoms with van der Waals surface area (Å²) in [5.41, 5.74) is 1.04. The molecule has 3 aromatic heterocycles. The highest BCUT2D eigenvalue weighted by Crippen LogP contribution is 2.41. The zero-order chi connectivity index (χ0) is 20.7. The van der Waals surface area contributed by atoms with Crippen molar-refractivity contribution in [3.05, 3.63) is 63.2 Å². The van der Waals surface area contributed by atoms with Crippen molar-refractivity contribution >= 4 is 33.3 Å². The topological polar surface area (TPSA) is 56.9 Å². The summed E-state index contributed by atoms with van der Waals surface area (Å²) in [7, 11) is 0. The summed E-state index contributed by atoms with van der Waals surface area (Å²) in [6, 6.07) is 10.8. The first-order chi connectivity index (χ1) is 14.6. The van der Waals surface area contributed by atoms with E-state index in [2.05, 4.69) is 31.3 Å². The van der Waals surface area contributed by atoms with Crippen molar-refractivity contribution in [1.29, 1.82) is 0 Å². The van der Waals surface area contributed by atoms with Gasteiger partial charge >= 0.3 is 0 Å². The van der Waals surface area contributed by atoms with Gasteiger partial charge in [-0.15, -0.1) is 16.4 Å². The van der Waals surface area contributed by atoms with Gasteiger partial charge < -0.3 is 10.0 Å². The largest absolute Gasteiger partial charge is 0.492 e. The number of hydrogen-bond acceptors (Lipinski definition) is 7. The van der Waals surface area contributed by atoms with Gasteiger partial charge in [0, 0.05) is 43.2 Å². The Morgan fingerprint density at radius 1 is 1.13 bits per heavy atom. The highest BCUT2D eigenvalue weighted by Gasteiger charge is 2.32. The van der Waals surface area contributed by atoms with E-state index in [0.717, 1.165) is 53.9 Å². The van der Waals surface area contributed by atoms with E-state index in [1.54, 1.807) is 15.9 Å². The minimum absolute atomic E-state index is 0.0288. The summed E-state index contributed by atoms with van der Waals surface area (Å²) in [5.74, 6) is 0.707. The van der Waals surface area contributed by atoms with Crippen LogP contribution in [-0.4, -0.2) is 50.8 Å². The second-order valence-corrected chi connectivity index (χ2v) is 9.27. The fourth-order valence-electron chi connectivity index (χ4n) is 3.93. The Hall–Kier alpha value is -2.49. The lowest BCUT2D eigenvalue weighted by Crippen LogP contribution is -2.47. The number of thiophene rings is 1. The Morgan fingerprint density at radius 3 is 2.53 bits per heavy atom. The van der Waals surface area contributed by atoms with Crippen molar-refractivity contribution in [2.75, 3.05) is 31.1 Å². The number of aromatic nitrogens is 3. The summed E-state index contributed by atoms with van der Waals surface area (Å²) >= 11 is 3.20. The van der Waals surface area contributed by atoms with Crippen LogP contribution in [-0.2, 0) is 6.42 Å². The lowest BCUT2D eigenvalue weighted by atomic mass is 10.1. The summed E-state index contributed by atoms with van der Waals surface area (Å²) < 4.78 is 14.8. The van der Waals surface area contributed by atoms with Gasteiger partial charge in [-0.2, -0.15) is 4.52 Å². The molecule has 0 bridgehead atoms. The van der Waals surface area contributed by atoms with Crippen LogP contribution in [0, 0.1) is 5.82 Å². The van der Waals surface area contributed by atoms with Crippen molar-refractivity contribution in [3.8, 4) is 5.88 Å². The third-order valence-corrected chi connectivity index (χ3v) is 7.49. The van der Waals surface area contributed by atoms with E-state index < -0.39 is 0 Å². The maximum absolute atomic E-state index is 13.3. The number of fused-ring (bicyclic) bond motifs is 1. The van der Waals surface area contributed by atoms with Crippen molar-refractivity contribution in [2.45, 2.75) is 19.4 Å². The summed E-state index contributed by atoms with van der Waals surface area (Å²) in [6.45, 7) is 5.37. The maximum Gasteiger partial charge on any atom is 0.230 e. The number of rotatable bonds is 5. The Kier molecular flexibility index (Phi) is 5.18. The lowest BCUT2D eigenvalue weighted by molar-refractivity contribution is 0.213. The molecule has 0 unspecified atom stereocenters. The number of aromatic hydroxyl groups is 1. The molecule has 30 heavy (non-hydrogen) atoms. The van der Waals surface area contributed by atoms with Gasteiger partial charge in [0.2, 0.25) is 10.8 Å². The fourth-order valence-corrected chi connectivity index (χ4v) is 6.00. The first kappa shape index (κ1) is 19.5. The third-order valence-electron chi connectivity index (χ3n) is 5.49. The molecule has 1 aromatic carbocycles. The molecular weight excluding hydrogens is 421 g/mol. The number of piperazine rings is 1. The van der Waals surface area contributed by atoms with Gasteiger partial charge in [-0.25, -0.2) is 9.37 Å². The van der Waals surface area contributed by atoms with Gasteiger partial charge in [0.1, 0.15) is 5.82 Å². The van der Waals surface area contributed by atoms with E-state index in [1.165, 1.54) is 28.3 Å². The van der Waals surface area contributed by atoms with Crippen LogP contribution in [0.3, 0.4) is 0 Å². The highest BCUT2D eigenvalue weighted by molar-refractivity contribution is 7.17. The van der Waals surface area contributed by atoms with Crippen LogP contribution in [0.1, 0.15) is 28.5 Å². The molecule has 5 rings (SSSR count). The number of anilines is 1. The number of benzene rings is 1. The van der Waals surface area contributed by atoms with Gasteiger partial charge in [-0.1, -0.05) is 24.3 Å². The smallest absolute Gasteiger partial charge is 0.230 e. The zero-order valence-corrected chi connectivity index (χ0v) is 18.2. The van der Waals surface area contributed by atoms with Crippen LogP contribution >= 0.6 is 22.7 Å². The SMILES string of the molecule is CCc1nc2sc([C@H](c3cccs3)N3CCN(c4ccc(F)cc4)CC3)c(O)n2n1. The molecule has 0 saturated carbocycles. The van der Waals surface area contributed by atoms with Gasteiger partial charge in [0.25, 0.3) is 0 Å². The highest BCUT2D eigenvalue weighted by atomic mass is 32.1. The second-order valence-electron chi connectivity index (χ2n) is 7.28. The molecule has 1 atom stereocenters. The molecule has 1 aliphatic rings. The van der Waals surface area contributed by atoms with Crippen LogP contribution in [0.5, 0.6) is 5.88 Å². The van der Waals surface area contributed by atoms with Crippen molar-refractivity contribution in [1.82, 2.24) is 19.5 Å². The molecule has 156 valence electrons. The maximum atomic E-state index is 13.3. The quantitative estimate of drug-likeness (QED) is 0.502. The Labute approximate surface area is 181 Å². The van der Waals surface area contributed by atoms with E-state index in [1.807, 2.05) is 25.1 Å². The van der Waals surface area contributed by atoms with Gasteiger partial charge in [-0.05, 0) is 35.7 Å². The molecule has 1 N–H and O–H groups in total. The normalized spacial score (nSPS) is 16.4. The van der Waals surface area contributed by atoms with Crippen LogP contribution < -0.4 is 4.90 Å². The minimum atomic E-state index is -0.215. The number of halogens is 1. The van der Waals surface area contributed by atoms with Gasteiger partial charge in [0.05, 0.1) is 10.9 Å². The van der Waals surface area contributed by atoms with Gasteiger partial charge in [-0.3, -0.25) is 4.90 Å². The molecule has 4 heterocycles. The Morgan fingerprint density at radius 2 is 1.90 bits per heavy atom. The van der Waals surface area contributed by atoms with E-state index >= 15 is 0 Å². The van der Waals surface area contributed by atoms with Crippen LogP contribution in [0.15, 0.2) is 41.8 Å². The molecule has 4 aromatic rings. The molecule has 1 fully saturated rings. The number of hydrogen-bond donors (Lipinski definition) is 1. The standard InChI is InChI=1S/C21H22FN5OS2/c1-2-17-23-21-27(24-17)20(28)19(30-21)18(16-4-3-13-29-16)26-11-9-25(10-12-26)15-7-5-14(22)6-8-15/h3-8,13,18,28H,2,9-12H2,1H3/t18-/m0/s1. The third kappa shape index (κ3) is 3.46. The van der Waals surface area contributed by atoms with E-state index in [4.69, 9.17) is 0 Å². The first-order valence-corrected chi connectivity index (χ1v) is 11.7. The summed E-state index contributed by atoms with van der Waals surface area (Å²) in [4.78, 5) is 12.0. The lowest BCUT2D eigenvalue weighted by Gasteiger charge is -2.39. The minimum Gasteiger partial charge on any atom is -0.492 e. The van der Waals surface area contributed by atoms with Crippen LogP contribution in [0.2, 0.25) is 0 Å². The molecule has 0 spiro atoms. The predicted octanol–water partition coefficient (Wildman–Crippen LogP) is 4.17. The first-order valence-electron chi connectivity index (χ1n) is 9.99. The average Bonchev–Trinajstić information content (AvgIpc) is 3.49. The molecule has 1 saturated heterocycles. The molecule has 6 nitrogen and oxygen atoms in total. The Balaban J connectivity index is 1.43. The molecule has 1 aliphatic heterocycles. The molecule has 9 heteroatoms. The number of thiazole rings is 1. The van der Waals surface area contributed by atoms with E-state index in [9.17, 15) is 9.50 Å². The predicted molar refractivity (Wildman–Crippen MR) is 118 cm³/mol. The number of aryl methyl sites for hydroxylation is 1. The Bertz CT molecular complexity index is 1130. The van der Waals surface area contributed by atoms with E-state index in [-0.39, 0.29) is 17.7 Å². The summed E-state index contributed by atoms with van der Waals surface area (Å²) in [5, 5.41) is 17.5. The molecule has 0 aliphatic carbocycles. The van der Waals surface area contributed by atoms with Crippen molar-refractivity contribution in [3.63, 3.8) is 0 Å². The molecule has 0 radical (unpaired) electrons. The van der Waals surface area contributed by atoms with E-state index in [0.29, 0.717) is 0 Å². The zero-order valence-electron chi connectivity index (χ0n) is 16.5. The molecule has 0 amide bonds. The monoisotopic (exact) mass is 443 g/mol. The fraction of sp³-hybridized carbons (Fsp3) is 0.333. The molecular formula is C21H22FN5OS2. The summed E-state index contributed by atoms with van der Waals surface area (Å²) in [6.07, 6.45) is 0.739. The van der Waals surface area contributed by atoms with Crippen molar-refractivity contribution in [2.24, 2.45) is 0 Å². The second kappa shape index (κ2) is 7.98. The van der Waals surface area contributed by atoms with Crippen LogP contribution in [0.25, 0.3) is 4.96 Å². The van der Waals surface area contributed by atoms with Gasteiger partial charge in [0.15, 0.2) is 5.82 Å². The van der Waals surface area contributed by atoms with Crippen LogP contribution in [0.4, 0.5) is 10.1 Å². The number of nitrogens with zero attached hydrogens (tertiary/aromatic N) is 5.